The van der Waals surface area contributed by atoms with Crippen LogP contribution in [0, 0.1) is 12.3 Å². The van der Waals surface area contributed by atoms with Crippen molar-refractivity contribution in [2.45, 2.75) is 12.5 Å². The van der Waals surface area contributed by atoms with Gasteiger partial charge in [0.25, 0.3) is 5.91 Å². The first-order valence-electron chi connectivity index (χ1n) is 6.74. The second-order valence-corrected chi connectivity index (χ2v) is 4.72. The molecular formula is C18H15NO3. The van der Waals surface area contributed by atoms with Crippen molar-refractivity contribution < 1.29 is 14.7 Å². The van der Waals surface area contributed by atoms with Crippen LogP contribution in [0.3, 0.4) is 0 Å². The van der Waals surface area contributed by atoms with Crippen molar-refractivity contribution in [1.29, 1.82) is 0 Å². The number of hydrogen-bond donors (Lipinski definition) is 2. The Balaban J connectivity index is 2.12. The van der Waals surface area contributed by atoms with Gasteiger partial charge in [0.2, 0.25) is 0 Å². The predicted octanol–water partition coefficient (Wildman–Crippen LogP) is 2.56. The Labute approximate surface area is 128 Å². The lowest BCUT2D eigenvalue weighted by molar-refractivity contribution is -0.139. The molecule has 4 nitrogen and oxygen atoms in total. The summed E-state index contributed by atoms with van der Waals surface area (Å²) >= 11 is 0. The summed E-state index contributed by atoms with van der Waals surface area (Å²) < 4.78 is 0. The Morgan fingerprint density at radius 2 is 1.64 bits per heavy atom. The van der Waals surface area contributed by atoms with Gasteiger partial charge in [0.15, 0.2) is 0 Å². The summed E-state index contributed by atoms with van der Waals surface area (Å²) in [5.74, 6) is 0.639. The molecule has 0 bridgehead atoms. The van der Waals surface area contributed by atoms with Gasteiger partial charge in [-0.1, -0.05) is 42.5 Å². The first-order valence-corrected chi connectivity index (χ1v) is 6.74. The zero-order valence-electron chi connectivity index (χ0n) is 11.8. The van der Waals surface area contributed by atoms with Crippen molar-refractivity contribution in [3.8, 4) is 23.5 Å². The van der Waals surface area contributed by atoms with Gasteiger partial charge in [-0.3, -0.25) is 4.79 Å². The molecule has 22 heavy (non-hydrogen) atoms. The minimum atomic E-state index is -1.15. The third-order valence-electron chi connectivity index (χ3n) is 3.18. The monoisotopic (exact) mass is 293 g/mol. The summed E-state index contributed by atoms with van der Waals surface area (Å²) in [6.07, 6.45) is 5.05. The van der Waals surface area contributed by atoms with Crippen LogP contribution in [0.1, 0.15) is 16.8 Å². The largest absolute Gasteiger partial charge is 0.480 e. The SMILES string of the molecule is C#CC[C@@H](NC(=O)c1ccc(-c2ccccc2)cc1)C(=O)O. The average Bonchev–Trinajstić information content (AvgIpc) is 2.55. The molecule has 0 saturated heterocycles. The summed E-state index contributed by atoms with van der Waals surface area (Å²) in [5, 5.41) is 11.4. The number of aliphatic carboxylic acids is 1. The Morgan fingerprint density at radius 1 is 1.05 bits per heavy atom. The van der Waals surface area contributed by atoms with Gasteiger partial charge in [0, 0.05) is 12.0 Å². The summed E-state index contributed by atoms with van der Waals surface area (Å²) in [6.45, 7) is 0. The Morgan fingerprint density at radius 3 is 2.18 bits per heavy atom. The number of carbonyl (C=O) groups is 2. The van der Waals surface area contributed by atoms with Gasteiger partial charge >= 0.3 is 5.97 Å². The lowest BCUT2D eigenvalue weighted by atomic mass is 10.0. The van der Waals surface area contributed by atoms with Gasteiger partial charge in [-0.15, -0.1) is 12.3 Å². The van der Waals surface area contributed by atoms with E-state index in [2.05, 4.69) is 11.2 Å². The first-order chi connectivity index (χ1) is 10.6. The van der Waals surface area contributed by atoms with Crippen LogP contribution in [-0.2, 0) is 4.79 Å². The highest BCUT2D eigenvalue weighted by molar-refractivity contribution is 5.97. The molecule has 0 saturated carbocycles. The van der Waals surface area contributed by atoms with E-state index in [0.29, 0.717) is 5.56 Å². The zero-order valence-corrected chi connectivity index (χ0v) is 11.8. The average molecular weight is 293 g/mol. The van der Waals surface area contributed by atoms with E-state index in [9.17, 15) is 9.59 Å². The third-order valence-corrected chi connectivity index (χ3v) is 3.18. The molecule has 0 radical (unpaired) electrons. The van der Waals surface area contributed by atoms with Crippen molar-refractivity contribution in [2.24, 2.45) is 0 Å². The van der Waals surface area contributed by atoms with Crippen LogP contribution < -0.4 is 5.32 Å². The molecule has 1 atom stereocenters. The number of terminal acetylenes is 1. The van der Waals surface area contributed by atoms with Crippen molar-refractivity contribution in [2.75, 3.05) is 0 Å². The maximum Gasteiger partial charge on any atom is 0.327 e. The number of benzene rings is 2. The van der Waals surface area contributed by atoms with Crippen LogP contribution in [0.4, 0.5) is 0 Å². The number of amides is 1. The van der Waals surface area contributed by atoms with Gasteiger partial charge in [0.05, 0.1) is 0 Å². The van der Waals surface area contributed by atoms with Gasteiger partial charge in [-0.2, -0.15) is 0 Å². The van der Waals surface area contributed by atoms with Crippen LogP contribution in [0.2, 0.25) is 0 Å². The van der Waals surface area contributed by atoms with Crippen LogP contribution in [0.25, 0.3) is 11.1 Å². The number of carboxylic acids is 1. The quantitative estimate of drug-likeness (QED) is 0.833. The Hall–Kier alpha value is -3.06. The highest BCUT2D eigenvalue weighted by atomic mass is 16.4. The van der Waals surface area contributed by atoms with E-state index in [4.69, 9.17) is 11.5 Å². The minimum absolute atomic E-state index is 0.0524. The molecule has 0 aliphatic carbocycles. The first kappa shape index (κ1) is 15.3. The second kappa shape index (κ2) is 7.09. The van der Waals surface area contributed by atoms with Crippen LogP contribution >= 0.6 is 0 Å². The van der Waals surface area contributed by atoms with Crippen molar-refractivity contribution in [3.05, 3.63) is 60.2 Å². The normalized spacial score (nSPS) is 11.2. The lowest BCUT2D eigenvalue weighted by Crippen LogP contribution is -2.40. The van der Waals surface area contributed by atoms with Crippen molar-refractivity contribution >= 4 is 11.9 Å². The molecule has 2 N–H and O–H groups in total. The van der Waals surface area contributed by atoms with Gasteiger partial charge in [-0.25, -0.2) is 4.79 Å². The molecule has 4 heteroatoms. The van der Waals surface area contributed by atoms with Crippen molar-refractivity contribution in [3.63, 3.8) is 0 Å². The molecule has 2 aromatic rings. The maximum atomic E-state index is 12.0. The summed E-state index contributed by atoms with van der Waals surface area (Å²) in [4.78, 5) is 23.0. The fourth-order valence-corrected chi connectivity index (χ4v) is 2.00. The van der Waals surface area contributed by atoms with E-state index < -0.39 is 17.9 Å². The standard InChI is InChI=1S/C18H15NO3/c1-2-6-16(18(21)22)19-17(20)15-11-9-14(10-12-15)13-7-4-3-5-8-13/h1,3-5,7-12,16H,6H2,(H,19,20)(H,21,22)/t16-/m1/s1. The zero-order chi connectivity index (χ0) is 15.9. The van der Waals surface area contributed by atoms with Crippen LogP contribution in [-0.4, -0.2) is 23.0 Å². The van der Waals surface area contributed by atoms with Crippen LogP contribution in [0.15, 0.2) is 54.6 Å². The highest BCUT2D eigenvalue weighted by Gasteiger charge is 2.19. The Bertz CT molecular complexity index is 699. The molecule has 0 heterocycles. The summed E-state index contributed by atoms with van der Waals surface area (Å²) in [7, 11) is 0. The van der Waals surface area contributed by atoms with Gasteiger partial charge in [0.1, 0.15) is 6.04 Å². The van der Waals surface area contributed by atoms with E-state index in [1.165, 1.54) is 0 Å². The lowest BCUT2D eigenvalue weighted by Gasteiger charge is -2.12. The number of carboxylic acid groups (broad SMARTS) is 1. The highest BCUT2D eigenvalue weighted by Crippen LogP contribution is 2.19. The molecule has 0 spiro atoms. The van der Waals surface area contributed by atoms with E-state index in [1.807, 2.05) is 42.5 Å². The molecule has 0 aromatic heterocycles. The molecule has 0 unspecified atom stereocenters. The number of nitrogens with one attached hydrogen (secondary N) is 1. The fourth-order valence-electron chi connectivity index (χ4n) is 2.00. The van der Waals surface area contributed by atoms with E-state index in [-0.39, 0.29) is 6.42 Å². The number of carbonyl (C=O) groups excluding carboxylic acids is 1. The molecule has 2 rings (SSSR count). The van der Waals surface area contributed by atoms with Gasteiger partial charge in [-0.05, 0) is 23.3 Å². The Kier molecular flexibility index (Phi) is 4.94. The van der Waals surface area contributed by atoms with Gasteiger partial charge < -0.3 is 10.4 Å². The molecule has 0 aliphatic rings. The fraction of sp³-hybridized carbons (Fsp3) is 0.111. The molecule has 0 fully saturated rings. The smallest absolute Gasteiger partial charge is 0.327 e. The summed E-state index contributed by atoms with van der Waals surface area (Å²) in [6, 6.07) is 15.6. The van der Waals surface area contributed by atoms with E-state index >= 15 is 0 Å². The van der Waals surface area contributed by atoms with Crippen molar-refractivity contribution in [1.82, 2.24) is 5.32 Å². The molecule has 0 aliphatic heterocycles. The van der Waals surface area contributed by atoms with E-state index in [0.717, 1.165) is 11.1 Å². The van der Waals surface area contributed by atoms with E-state index in [1.54, 1.807) is 12.1 Å². The minimum Gasteiger partial charge on any atom is -0.480 e. The predicted molar refractivity (Wildman–Crippen MR) is 84.2 cm³/mol. The third kappa shape index (κ3) is 3.74. The maximum absolute atomic E-state index is 12.0. The van der Waals surface area contributed by atoms with Crippen LogP contribution in [0.5, 0.6) is 0 Å². The number of hydrogen-bond acceptors (Lipinski definition) is 2. The summed E-state index contributed by atoms with van der Waals surface area (Å²) in [5.41, 5.74) is 2.42. The topological polar surface area (TPSA) is 66.4 Å². The molecule has 1 amide bonds. The number of rotatable bonds is 5. The molecule has 2 aromatic carbocycles. The molecule has 110 valence electrons. The second-order valence-electron chi connectivity index (χ2n) is 4.72. The molecular weight excluding hydrogens is 278 g/mol.